The first kappa shape index (κ1) is 12.4. The topological polar surface area (TPSA) is 61.5 Å². The molecule has 0 aliphatic heterocycles. The normalized spacial score (nSPS) is 11.0. The van der Waals surface area contributed by atoms with Crippen LogP contribution in [0.15, 0.2) is 18.2 Å². The second-order valence-corrected chi connectivity index (χ2v) is 4.46. The van der Waals surface area contributed by atoms with Crippen LogP contribution in [0.1, 0.15) is 31.1 Å². The highest BCUT2D eigenvalue weighted by molar-refractivity contribution is 5.91. The van der Waals surface area contributed by atoms with E-state index in [1.165, 1.54) is 7.11 Å². The molecule has 1 rings (SSSR count). The minimum atomic E-state index is -0.508. The highest BCUT2D eigenvalue weighted by atomic mass is 16.6. The number of carbonyl (C=O) groups excluding carboxylic acids is 1. The molecule has 2 N–H and O–H groups in total. The molecule has 0 aromatic heterocycles. The van der Waals surface area contributed by atoms with Crippen molar-refractivity contribution in [1.82, 2.24) is 0 Å². The molecule has 16 heavy (non-hydrogen) atoms. The Morgan fingerprint density at radius 2 is 1.94 bits per heavy atom. The van der Waals surface area contributed by atoms with E-state index in [0.29, 0.717) is 17.0 Å². The maximum absolute atomic E-state index is 11.7. The van der Waals surface area contributed by atoms with Crippen LogP contribution in [0.25, 0.3) is 0 Å². The van der Waals surface area contributed by atoms with E-state index in [1.807, 2.05) is 20.8 Å². The van der Waals surface area contributed by atoms with Gasteiger partial charge in [-0.05, 0) is 39.0 Å². The van der Waals surface area contributed by atoms with E-state index in [2.05, 4.69) is 0 Å². The molecule has 0 spiro atoms. The number of carbonyl (C=O) groups is 1. The number of esters is 1. The molecule has 1 aromatic rings. The molecule has 4 heteroatoms. The van der Waals surface area contributed by atoms with Gasteiger partial charge < -0.3 is 15.2 Å². The van der Waals surface area contributed by atoms with Crippen LogP contribution in [0.2, 0.25) is 0 Å². The number of nitrogens with two attached hydrogens (primary N) is 1. The van der Waals surface area contributed by atoms with Crippen molar-refractivity contribution in [3.8, 4) is 5.75 Å². The molecule has 0 saturated carbocycles. The first-order chi connectivity index (χ1) is 7.33. The van der Waals surface area contributed by atoms with Gasteiger partial charge in [-0.2, -0.15) is 0 Å². The van der Waals surface area contributed by atoms with E-state index >= 15 is 0 Å². The van der Waals surface area contributed by atoms with E-state index < -0.39 is 5.60 Å². The minimum Gasteiger partial charge on any atom is -0.495 e. The van der Waals surface area contributed by atoms with E-state index in [-0.39, 0.29) is 5.97 Å². The zero-order valence-electron chi connectivity index (χ0n) is 10.0. The molecule has 0 saturated heterocycles. The lowest BCUT2D eigenvalue weighted by molar-refractivity contribution is 0.00696. The average Bonchev–Trinajstić information content (AvgIpc) is 2.15. The van der Waals surface area contributed by atoms with Crippen molar-refractivity contribution in [2.75, 3.05) is 12.8 Å². The van der Waals surface area contributed by atoms with Crippen LogP contribution >= 0.6 is 0 Å². The van der Waals surface area contributed by atoms with Crippen LogP contribution in [0.3, 0.4) is 0 Å². The molecule has 0 atom stereocenters. The van der Waals surface area contributed by atoms with Gasteiger partial charge in [-0.3, -0.25) is 0 Å². The van der Waals surface area contributed by atoms with Crippen molar-refractivity contribution in [3.05, 3.63) is 23.8 Å². The number of hydrogen-bond acceptors (Lipinski definition) is 4. The van der Waals surface area contributed by atoms with Crippen LogP contribution < -0.4 is 10.5 Å². The van der Waals surface area contributed by atoms with Crippen LogP contribution in [0, 0.1) is 0 Å². The van der Waals surface area contributed by atoms with Gasteiger partial charge in [-0.15, -0.1) is 0 Å². The third kappa shape index (κ3) is 3.15. The fourth-order valence-electron chi connectivity index (χ4n) is 1.20. The van der Waals surface area contributed by atoms with E-state index in [0.717, 1.165) is 0 Å². The molecule has 0 bridgehead atoms. The van der Waals surface area contributed by atoms with Crippen molar-refractivity contribution in [2.45, 2.75) is 26.4 Å². The predicted molar refractivity (Wildman–Crippen MR) is 62.6 cm³/mol. The average molecular weight is 223 g/mol. The van der Waals surface area contributed by atoms with Gasteiger partial charge in [0.1, 0.15) is 11.4 Å². The van der Waals surface area contributed by atoms with Gasteiger partial charge in [-0.25, -0.2) is 4.79 Å². The summed E-state index contributed by atoms with van der Waals surface area (Å²) in [6.07, 6.45) is 0. The lowest BCUT2D eigenvalue weighted by atomic mass is 10.1. The Morgan fingerprint density at radius 1 is 1.31 bits per heavy atom. The summed E-state index contributed by atoms with van der Waals surface area (Å²) in [4.78, 5) is 11.7. The van der Waals surface area contributed by atoms with Gasteiger partial charge in [0.05, 0.1) is 18.4 Å². The van der Waals surface area contributed by atoms with Gasteiger partial charge in [-0.1, -0.05) is 0 Å². The number of nitrogen functional groups attached to an aromatic ring is 1. The van der Waals surface area contributed by atoms with Crippen LogP contribution in [0.4, 0.5) is 5.69 Å². The standard InChI is InChI=1S/C12H17NO3/c1-12(2,3)16-11(14)8-5-6-10(15-4)9(13)7-8/h5-7H,13H2,1-4H3. The van der Waals surface area contributed by atoms with Gasteiger partial charge in [0.15, 0.2) is 0 Å². The van der Waals surface area contributed by atoms with E-state index in [9.17, 15) is 4.79 Å². The van der Waals surface area contributed by atoms with E-state index in [4.69, 9.17) is 15.2 Å². The molecule has 1 aromatic carbocycles. The van der Waals surface area contributed by atoms with Crippen molar-refractivity contribution >= 4 is 11.7 Å². The summed E-state index contributed by atoms with van der Waals surface area (Å²) in [6, 6.07) is 4.82. The van der Waals surface area contributed by atoms with Crippen LogP contribution in [-0.2, 0) is 4.74 Å². The van der Waals surface area contributed by atoms with Crippen molar-refractivity contribution < 1.29 is 14.3 Å². The molecule has 0 fully saturated rings. The summed E-state index contributed by atoms with van der Waals surface area (Å²) in [5, 5.41) is 0. The van der Waals surface area contributed by atoms with Crippen molar-refractivity contribution in [1.29, 1.82) is 0 Å². The maximum Gasteiger partial charge on any atom is 0.338 e. The number of ether oxygens (including phenoxy) is 2. The van der Waals surface area contributed by atoms with E-state index in [1.54, 1.807) is 18.2 Å². The number of anilines is 1. The summed E-state index contributed by atoms with van der Waals surface area (Å²) < 4.78 is 10.2. The smallest absolute Gasteiger partial charge is 0.338 e. The van der Waals surface area contributed by atoms with Crippen molar-refractivity contribution in [2.24, 2.45) is 0 Å². The Balaban J connectivity index is 2.89. The fourth-order valence-corrected chi connectivity index (χ4v) is 1.20. The molecule has 0 amide bonds. The number of hydrogen-bond donors (Lipinski definition) is 1. The number of benzene rings is 1. The number of methoxy groups -OCH3 is 1. The Bertz CT molecular complexity index is 394. The largest absolute Gasteiger partial charge is 0.495 e. The molecular formula is C12H17NO3. The summed E-state index contributed by atoms with van der Waals surface area (Å²) >= 11 is 0. The molecule has 88 valence electrons. The minimum absolute atomic E-state index is 0.387. The van der Waals surface area contributed by atoms with Gasteiger partial charge in [0, 0.05) is 0 Å². The Labute approximate surface area is 95.3 Å². The summed E-state index contributed by atoms with van der Waals surface area (Å²) in [5.74, 6) is 0.161. The van der Waals surface area contributed by atoms with Crippen LogP contribution in [-0.4, -0.2) is 18.7 Å². The summed E-state index contributed by atoms with van der Waals surface area (Å²) in [5.41, 5.74) is 6.04. The molecule has 0 aliphatic rings. The van der Waals surface area contributed by atoms with Crippen LogP contribution in [0.5, 0.6) is 5.75 Å². The lowest BCUT2D eigenvalue weighted by Gasteiger charge is -2.19. The highest BCUT2D eigenvalue weighted by Crippen LogP contribution is 2.23. The maximum atomic E-state index is 11.7. The Kier molecular flexibility index (Phi) is 3.42. The monoisotopic (exact) mass is 223 g/mol. The highest BCUT2D eigenvalue weighted by Gasteiger charge is 2.18. The van der Waals surface area contributed by atoms with Gasteiger partial charge >= 0.3 is 5.97 Å². The molecule has 0 radical (unpaired) electrons. The molecule has 4 nitrogen and oxygen atoms in total. The third-order valence-corrected chi connectivity index (χ3v) is 1.86. The first-order valence-corrected chi connectivity index (χ1v) is 5.00. The Morgan fingerprint density at radius 3 is 2.38 bits per heavy atom. The molecule has 0 unspecified atom stereocenters. The molecular weight excluding hydrogens is 206 g/mol. The molecule has 0 aliphatic carbocycles. The zero-order valence-corrected chi connectivity index (χ0v) is 10.0. The van der Waals surface area contributed by atoms with Crippen molar-refractivity contribution in [3.63, 3.8) is 0 Å². The quantitative estimate of drug-likeness (QED) is 0.617. The number of rotatable bonds is 2. The third-order valence-electron chi connectivity index (χ3n) is 1.86. The first-order valence-electron chi connectivity index (χ1n) is 5.00. The lowest BCUT2D eigenvalue weighted by Crippen LogP contribution is -2.23. The summed E-state index contributed by atoms with van der Waals surface area (Å²) in [6.45, 7) is 5.45. The van der Waals surface area contributed by atoms with Gasteiger partial charge in [0.2, 0.25) is 0 Å². The molecule has 0 heterocycles. The predicted octanol–water partition coefficient (Wildman–Crippen LogP) is 2.23. The SMILES string of the molecule is COc1ccc(C(=O)OC(C)(C)C)cc1N. The van der Waals surface area contributed by atoms with Gasteiger partial charge in [0.25, 0.3) is 0 Å². The Hall–Kier alpha value is -1.71. The zero-order chi connectivity index (χ0) is 12.3. The summed E-state index contributed by atoms with van der Waals surface area (Å²) in [7, 11) is 1.53. The second-order valence-electron chi connectivity index (χ2n) is 4.46. The second kappa shape index (κ2) is 4.43. The fraction of sp³-hybridized carbons (Fsp3) is 0.417.